The van der Waals surface area contributed by atoms with Crippen LogP contribution in [-0.4, -0.2) is 35.7 Å². The maximum atomic E-state index is 12.3. The number of carbonyl (C=O) groups excluding carboxylic acids is 2. The van der Waals surface area contributed by atoms with Crippen molar-refractivity contribution in [1.29, 1.82) is 0 Å². The van der Waals surface area contributed by atoms with E-state index in [1.807, 2.05) is 32.9 Å². The summed E-state index contributed by atoms with van der Waals surface area (Å²) in [5, 5.41) is 0. The Balaban J connectivity index is 1.58. The Morgan fingerprint density at radius 1 is 1.29 bits per heavy atom. The van der Waals surface area contributed by atoms with E-state index in [1.165, 1.54) is 5.56 Å². The highest BCUT2D eigenvalue weighted by molar-refractivity contribution is 5.74. The number of likely N-dealkylation sites (tertiary alicyclic amines) is 1. The number of carbonyl (C=O) groups is 2. The number of esters is 1. The van der Waals surface area contributed by atoms with Gasteiger partial charge < -0.3 is 14.4 Å². The molecule has 5 heteroatoms. The van der Waals surface area contributed by atoms with Crippen molar-refractivity contribution in [2.45, 2.75) is 50.7 Å². The summed E-state index contributed by atoms with van der Waals surface area (Å²) in [6.45, 7) is 6.93. The number of benzene rings is 1. The molecule has 2 aliphatic heterocycles. The number of hydrogen-bond acceptors (Lipinski definition) is 4. The van der Waals surface area contributed by atoms with Crippen LogP contribution in [0.25, 0.3) is 0 Å². The summed E-state index contributed by atoms with van der Waals surface area (Å²) in [6.07, 6.45) is 0.994. The minimum Gasteiger partial charge on any atom is -0.457 e. The van der Waals surface area contributed by atoms with Crippen LogP contribution in [0.3, 0.4) is 0 Å². The van der Waals surface area contributed by atoms with Gasteiger partial charge in [0, 0.05) is 24.4 Å². The largest absolute Gasteiger partial charge is 0.457 e. The van der Waals surface area contributed by atoms with Gasteiger partial charge in [-0.15, -0.1) is 0 Å². The van der Waals surface area contributed by atoms with Crippen molar-refractivity contribution < 1.29 is 19.1 Å². The monoisotopic (exact) mass is 329 g/mol. The van der Waals surface area contributed by atoms with E-state index < -0.39 is 5.60 Å². The van der Waals surface area contributed by atoms with Crippen molar-refractivity contribution in [2.24, 2.45) is 5.92 Å². The molecule has 0 radical (unpaired) electrons. The van der Waals surface area contributed by atoms with Crippen molar-refractivity contribution in [3.63, 3.8) is 0 Å². The fourth-order valence-electron chi connectivity index (χ4n) is 4.38. The summed E-state index contributed by atoms with van der Waals surface area (Å²) in [5.74, 6) is 0.105. The molecule has 2 saturated heterocycles. The molecule has 128 valence electrons. The molecule has 2 unspecified atom stereocenters. The SMILES string of the molecule is CC(C)(C)OC(=O)N1CC2(CC3CC(=O)OC3c3ccccc32)C1. The van der Waals surface area contributed by atoms with Gasteiger partial charge in [0.05, 0.1) is 6.42 Å². The van der Waals surface area contributed by atoms with Crippen LogP contribution in [0, 0.1) is 5.92 Å². The Hall–Kier alpha value is -2.04. The Kier molecular flexibility index (Phi) is 3.21. The lowest BCUT2D eigenvalue weighted by Crippen LogP contribution is -2.63. The highest BCUT2D eigenvalue weighted by Crippen LogP contribution is 2.54. The van der Waals surface area contributed by atoms with Gasteiger partial charge in [0.1, 0.15) is 11.7 Å². The van der Waals surface area contributed by atoms with Crippen LogP contribution in [0.4, 0.5) is 4.79 Å². The molecular formula is C19H23NO4. The van der Waals surface area contributed by atoms with Crippen molar-refractivity contribution >= 4 is 12.1 Å². The van der Waals surface area contributed by atoms with Crippen LogP contribution in [0.15, 0.2) is 24.3 Å². The lowest BCUT2D eigenvalue weighted by molar-refractivity contribution is -0.142. The Morgan fingerprint density at radius 2 is 2.00 bits per heavy atom. The van der Waals surface area contributed by atoms with Crippen LogP contribution in [0.1, 0.15) is 50.8 Å². The molecule has 1 aliphatic carbocycles. The predicted octanol–water partition coefficient (Wildman–Crippen LogP) is 3.18. The maximum absolute atomic E-state index is 12.3. The van der Waals surface area contributed by atoms with Crippen molar-refractivity contribution in [2.75, 3.05) is 13.1 Å². The summed E-state index contributed by atoms with van der Waals surface area (Å²) in [5.41, 5.74) is 1.79. The number of ether oxygens (including phenoxy) is 2. The number of nitrogens with zero attached hydrogens (tertiary/aromatic N) is 1. The minimum atomic E-state index is -0.485. The van der Waals surface area contributed by atoms with Crippen molar-refractivity contribution in [3.05, 3.63) is 35.4 Å². The van der Waals surface area contributed by atoms with E-state index in [4.69, 9.17) is 9.47 Å². The second-order valence-corrected chi connectivity index (χ2v) is 8.28. The van der Waals surface area contributed by atoms with Crippen molar-refractivity contribution in [3.8, 4) is 0 Å². The Morgan fingerprint density at radius 3 is 2.71 bits per heavy atom. The van der Waals surface area contributed by atoms with Crippen LogP contribution < -0.4 is 0 Å². The van der Waals surface area contributed by atoms with Gasteiger partial charge in [-0.2, -0.15) is 0 Å². The average Bonchev–Trinajstić information content (AvgIpc) is 2.82. The molecule has 2 fully saturated rings. The average molecular weight is 329 g/mol. The molecule has 1 spiro atoms. The molecule has 1 aromatic carbocycles. The molecule has 2 atom stereocenters. The fourth-order valence-corrected chi connectivity index (χ4v) is 4.38. The van der Waals surface area contributed by atoms with Gasteiger partial charge in [0.25, 0.3) is 0 Å². The Bertz CT molecular complexity index is 700. The highest BCUT2D eigenvalue weighted by atomic mass is 16.6. The fraction of sp³-hybridized carbons (Fsp3) is 0.579. The topological polar surface area (TPSA) is 55.8 Å². The van der Waals surface area contributed by atoms with Gasteiger partial charge in [-0.1, -0.05) is 24.3 Å². The van der Waals surface area contributed by atoms with E-state index in [0.717, 1.165) is 12.0 Å². The first kappa shape index (κ1) is 15.5. The number of hydrogen-bond donors (Lipinski definition) is 0. The first-order valence-electron chi connectivity index (χ1n) is 8.54. The normalized spacial score (nSPS) is 27.1. The molecule has 0 saturated carbocycles. The third-order valence-corrected chi connectivity index (χ3v) is 5.25. The first-order valence-corrected chi connectivity index (χ1v) is 8.54. The first-order chi connectivity index (χ1) is 11.3. The van der Waals surface area contributed by atoms with Crippen LogP contribution >= 0.6 is 0 Å². The van der Waals surface area contributed by atoms with Gasteiger partial charge in [-0.25, -0.2) is 4.79 Å². The standard InChI is InChI=1S/C19H23NO4/c1-18(2,3)24-17(22)20-10-19(11-20)9-12-8-15(21)23-16(12)13-6-4-5-7-14(13)19/h4-7,12,16H,8-11H2,1-3H3. The second kappa shape index (κ2) is 4.98. The molecule has 4 rings (SSSR count). The van der Waals surface area contributed by atoms with Crippen LogP contribution in [0.2, 0.25) is 0 Å². The quantitative estimate of drug-likeness (QED) is 0.686. The zero-order valence-electron chi connectivity index (χ0n) is 14.4. The maximum Gasteiger partial charge on any atom is 0.410 e. The van der Waals surface area contributed by atoms with Gasteiger partial charge in [-0.3, -0.25) is 4.79 Å². The minimum absolute atomic E-state index is 0.0668. The lowest BCUT2D eigenvalue weighted by Gasteiger charge is -2.54. The smallest absolute Gasteiger partial charge is 0.410 e. The molecule has 5 nitrogen and oxygen atoms in total. The molecule has 2 heterocycles. The summed E-state index contributed by atoms with van der Waals surface area (Å²) in [4.78, 5) is 25.8. The van der Waals surface area contributed by atoms with Crippen LogP contribution in [-0.2, 0) is 19.7 Å². The zero-order chi connectivity index (χ0) is 17.1. The van der Waals surface area contributed by atoms with E-state index in [-0.39, 0.29) is 29.5 Å². The molecule has 0 bridgehead atoms. The van der Waals surface area contributed by atoms with Gasteiger partial charge in [0.2, 0.25) is 0 Å². The van der Waals surface area contributed by atoms with E-state index >= 15 is 0 Å². The number of amides is 1. The highest BCUT2D eigenvalue weighted by Gasteiger charge is 2.56. The third kappa shape index (κ3) is 2.38. The molecule has 0 aromatic heterocycles. The molecule has 24 heavy (non-hydrogen) atoms. The van der Waals surface area contributed by atoms with Gasteiger partial charge in [-0.05, 0) is 38.3 Å². The molecule has 0 N–H and O–H groups in total. The molecule has 1 amide bonds. The van der Waals surface area contributed by atoms with Crippen LogP contribution in [0.5, 0.6) is 0 Å². The number of rotatable bonds is 0. The van der Waals surface area contributed by atoms with Gasteiger partial charge in [0.15, 0.2) is 0 Å². The molecular weight excluding hydrogens is 306 g/mol. The predicted molar refractivity (Wildman–Crippen MR) is 87.5 cm³/mol. The summed E-state index contributed by atoms with van der Waals surface area (Å²) in [7, 11) is 0. The van der Waals surface area contributed by atoms with E-state index in [9.17, 15) is 9.59 Å². The summed E-state index contributed by atoms with van der Waals surface area (Å²) < 4.78 is 11.0. The molecule has 3 aliphatic rings. The van der Waals surface area contributed by atoms with Crippen molar-refractivity contribution in [1.82, 2.24) is 4.90 Å². The van der Waals surface area contributed by atoms with E-state index in [0.29, 0.717) is 19.5 Å². The lowest BCUT2D eigenvalue weighted by atomic mass is 9.61. The molecule has 1 aromatic rings. The number of fused-ring (bicyclic) bond motifs is 4. The summed E-state index contributed by atoms with van der Waals surface area (Å²) >= 11 is 0. The zero-order valence-corrected chi connectivity index (χ0v) is 14.4. The van der Waals surface area contributed by atoms with E-state index in [1.54, 1.807) is 4.90 Å². The van der Waals surface area contributed by atoms with E-state index in [2.05, 4.69) is 12.1 Å². The second-order valence-electron chi connectivity index (χ2n) is 8.28. The third-order valence-electron chi connectivity index (χ3n) is 5.25. The Labute approximate surface area is 141 Å². The van der Waals surface area contributed by atoms with Gasteiger partial charge >= 0.3 is 12.1 Å². The summed E-state index contributed by atoms with van der Waals surface area (Å²) in [6, 6.07) is 8.19.